The molecule has 5 heteroatoms. The number of amides is 1. The number of aromatic nitrogens is 2. The summed E-state index contributed by atoms with van der Waals surface area (Å²) in [6, 6.07) is 8.53. The Morgan fingerprint density at radius 2 is 2.27 bits per heavy atom. The maximum absolute atomic E-state index is 12.5. The van der Waals surface area contributed by atoms with Crippen molar-refractivity contribution in [2.75, 3.05) is 0 Å². The Bertz CT molecular complexity index is 699. The van der Waals surface area contributed by atoms with E-state index in [-0.39, 0.29) is 17.2 Å². The van der Waals surface area contributed by atoms with Crippen molar-refractivity contribution in [1.82, 2.24) is 14.9 Å². The van der Waals surface area contributed by atoms with Gasteiger partial charge >= 0.3 is 0 Å². The van der Waals surface area contributed by atoms with Gasteiger partial charge in [-0.2, -0.15) is 0 Å². The zero-order valence-electron chi connectivity index (χ0n) is 12.6. The third kappa shape index (κ3) is 2.54. The molecule has 0 saturated carbocycles. The summed E-state index contributed by atoms with van der Waals surface area (Å²) in [5.74, 6) is 1.32. The summed E-state index contributed by atoms with van der Waals surface area (Å²) in [4.78, 5) is 18.3. The van der Waals surface area contributed by atoms with E-state index in [0.717, 1.165) is 37.3 Å². The van der Waals surface area contributed by atoms with E-state index in [4.69, 9.17) is 0 Å². The zero-order chi connectivity index (χ0) is 15.1. The first-order valence-electron chi connectivity index (χ1n) is 7.76. The van der Waals surface area contributed by atoms with Gasteiger partial charge in [-0.25, -0.2) is 4.98 Å². The third-order valence-electron chi connectivity index (χ3n) is 4.40. The van der Waals surface area contributed by atoms with Crippen molar-refractivity contribution in [2.45, 2.75) is 48.9 Å². The van der Waals surface area contributed by atoms with Gasteiger partial charge in [0.2, 0.25) is 5.91 Å². The summed E-state index contributed by atoms with van der Waals surface area (Å²) in [5, 5.41) is 3.25. The molecule has 0 aliphatic carbocycles. The molecule has 1 aromatic heterocycles. The van der Waals surface area contributed by atoms with Crippen molar-refractivity contribution in [3.8, 4) is 0 Å². The van der Waals surface area contributed by atoms with Crippen molar-refractivity contribution in [3.63, 3.8) is 0 Å². The van der Waals surface area contributed by atoms with E-state index in [1.54, 1.807) is 11.8 Å². The number of aryl methyl sites for hydroxylation is 2. The maximum Gasteiger partial charge on any atom is 0.234 e. The Morgan fingerprint density at radius 1 is 1.41 bits per heavy atom. The quantitative estimate of drug-likeness (QED) is 0.926. The highest BCUT2D eigenvalue weighted by atomic mass is 32.2. The molecule has 2 aliphatic heterocycles. The molecule has 22 heavy (non-hydrogen) atoms. The first-order chi connectivity index (χ1) is 10.7. The largest absolute Gasteiger partial charge is 0.351 e. The lowest BCUT2D eigenvalue weighted by Gasteiger charge is -2.25. The number of imidazole rings is 1. The van der Waals surface area contributed by atoms with Gasteiger partial charge in [-0.15, -0.1) is 11.8 Å². The minimum atomic E-state index is 0.0170. The molecule has 1 N–H and O–H groups in total. The van der Waals surface area contributed by atoms with Gasteiger partial charge in [0.25, 0.3) is 0 Å². The molecule has 4 nitrogen and oxygen atoms in total. The average molecular weight is 313 g/mol. The van der Waals surface area contributed by atoms with Crippen molar-refractivity contribution in [1.29, 1.82) is 0 Å². The molecule has 0 radical (unpaired) electrons. The molecule has 1 aromatic carbocycles. The summed E-state index contributed by atoms with van der Waals surface area (Å²) in [6.07, 6.45) is 4.84. The summed E-state index contributed by atoms with van der Waals surface area (Å²) >= 11 is 1.69. The fourth-order valence-corrected chi connectivity index (χ4v) is 4.53. The number of nitrogens with zero attached hydrogens (tertiary/aromatic N) is 2. The van der Waals surface area contributed by atoms with Gasteiger partial charge < -0.3 is 9.88 Å². The molecule has 114 valence electrons. The minimum absolute atomic E-state index is 0.0170. The Balaban J connectivity index is 1.40. The predicted octanol–water partition coefficient (Wildman–Crippen LogP) is 2.34. The minimum Gasteiger partial charge on any atom is -0.351 e. The first-order valence-corrected chi connectivity index (χ1v) is 8.64. The van der Waals surface area contributed by atoms with Crippen LogP contribution in [0.2, 0.25) is 0 Å². The van der Waals surface area contributed by atoms with E-state index in [0.29, 0.717) is 0 Å². The number of carbonyl (C=O) groups excluding carboxylic acids is 1. The van der Waals surface area contributed by atoms with Crippen LogP contribution in [0.25, 0.3) is 0 Å². The van der Waals surface area contributed by atoms with Crippen LogP contribution < -0.4 is 5.32 Å². The Hall–Kier alpha value is -1.75. The predicted molar refractivity (Wildman–Crippen MR) is 87.0 cm³/mol. The van der Waals surface area contributed by atoms with E-state index in [9.17, 15) is 4.79 Å². The number of fused-ring (bicyclic) bond motifs is 2. The van der Waals surface area contributed by atoms with Crippen LogP contribution in [-0.2, 0) is 24.2 Å². The average Bonchev–Trinajstić information content (AvgIpc) is 3.08. The molecule has 2 aromatic rings. The van der Waals surface area contributed by atoms with Gasteiger partial charge in [0.05, 0.1) is 10.9 Å². The molecule has 2 aliphatic rings. The second-order valence-corrected chi connectivity index (χ2v) is 7.36. The number of carbonyl (C=O) groups is 1. The number of nitrogens with one attached hydrogen (secondary N) is 1. The Morgan fingerprint density at radius 3 is 3.14 bits per heavy atom. The highest BCUT2D eigenvalue weighted by Gasteiger charge is 2.30. The SMILES string of the molecule is Cc1cn2c(n1)CC[C@H](NC(=O)[C@H]1Cc3ccccc3S1)C2. The van der Waals surface area contributed by atoms with Crippen LogP contribution in [0.5, 0.6) is 0 Å². The van der Waals surface area contributed by atoms with Crippen LogP contribution in [0, 0.1) is 6.92 Å². The molecular weight excluding hydrogens is 294 g/mol. The molecule has 0 saturated heterocycles. The molecule has 0 bridgehead atoms. The van der Waals surface area contributed by atoms with E-state index in [1.165, 1.54) is 10.5 Å². The van der Waals surface area contributed by atoms with Gasteiger partial charge in [0.15, 0.2) is 0 Å². The molecule has 0 unspecified atom stereocenters. The highest BCUT2D eigenvalue weighted by molar-refractivity contribution is 8.01. The molecule has 4 rings (SSSR count). The van der Waals surface area contributed by atoms with Crippen LogP contribution in [0.1, 0.15) is 23.5 Å². The molecular formula is C17H19N3OS. The van der Waals surface area contributed by atoms with Crippen LogP contribution in [0.15, 0.2) is 35.4 Å². The third-order valence-corrected chi connectivity index (χ3v) is 5.72. The molecule has 1 amide bonds. The van der Waals surface area contributed by atoms with Gasteiger partial charge in [0.1, 0.15) is 5.82 Å². The zero-order valence-corrected chi connectivity index (χ0v) is 13.4. The van der Waals surface area contributed by atoms with E-state index >= 15 is 0 Å². The second-order valence-electron chi connectivity index (χ2n) is 6.11. The van der Waals surface area contributed by atoms with Gasteiger partial charge in [-0.1, -0.05) is 18.2 Å². The van der Waals surface area contributed by atoms with Crippen LogP contribution in [-0.4, -0.2) is 26.8 Å². The first kappa shape index (κ1) is 13.9. The molecule has 3 heterocycles. The maximum atomic E-state index is 12.5. The Labute approximate surface area is 134 Å². The molecule has 0 fully saturated rings. The number of hydrogen-bond donors (Lipinski definition) is 1. The van der Waals surface area contributed by atoms with E-state index in [2.05, 4.69) is 33.2 Å². The normalized spacial score (nSPS) is 23.0. The highest BCUT2D eigenvalue weighted by Crippen LogP contribution is 2.36. The van der Waals surface area contributed by atoms with E-state index in [1.807, 2.05) is 19.1 Å². The van der Waals surface area contributed by atoms with Crippen molar-refractivity contribution in [2.24, 2.45) is 0 Å². The fourth-order valence-electron chi connectivity index (χ4n) is 3.33. The summed E-state index contributed by atoms with van der Waals surface area (Å²) in [6.45, 7) is 2.86. The monoisotopic (exact) mass is 313 g/mol. The lowest BCUT2D eigenvalue weighted by atomic mass is 10.1. The second kappa shape index (κ2) is 5.47. The number of hydrogen-bond acceptors (Lipinski definition) is 3. The topological polar surface area (TPSA) is 46.9 Å². The van der Waals surface area contributed by atoms with Crippen molar-refractivity contribution < 1.29 is 4.79 Å². The Kier molecular flexibility index (Phi) is 3.45. The number of rotatable bonds is 2. The smallest absolute Gasteiger partial charge is 0.234 e. The van der Waals surface area contributed by atoms with Crippen LogP contribution in [0.3, 0.4) is 0 Å². The number of benzene rings is 1. The summed E-state index contributed by atoms with van der Waals surface area (Å²) in [7, 11) is 0. The van der Waals surface area contributed by atoms with E-state index < -0.39 is 0 Å². The van der Waals surface area contributed by atoms with Gasteiger partial charge in [-0.05, 0) is 31.4 Å². The summed E-state index contributed by atoms with van der Waals surface area (Å²) < 4.78 is 2.18. The van der Waals surface area contributed by atoms with Gasteiger partial charge in [0, 0.05) is 30.1 Å². The lowest BCUT2D eigenvalue weighted by molar-refractivity contribution is -0.121. The summed E-state index contributed by atoms with van der Waals surface area (Å²) in [5.41, 5.74) is 2.35. The van der Waals surface area contributed by atoms with Crippen molar-refractivity contribution in [3.05, 3.63) is 47.5 Å². The fraction of sp³-hybridized carbons (Fsp3) is 0.412. The lowest BCUT2D eigenvalue weighted by Crippen LogP contribution is -2.44. The molecule has 2 atom stereocenters. The van der Waals surface area contributed by atoms with Gasteiger partial charge in [-0.3, -0.25) is 4.79 Å². The van der Waals surface area contributed by atoms with Crippen LogP contribution >= 0.6 is 11.8 Å². The van der Waals surface area contributed by atoms with Crippen molar-refractivity contribution >= 4 is 17.7 Å². The standard InChI is InChI=1S/C17H19N3OS/c1-11-9-20-10-13(6-7-16(20)18-11)19-17(21)15-8-12-4-2-3-5-14(12)22-15/h2-5,9,13,15H,6-8,10H2,1H3,(H,19,21)/t13-,15+/m0/s1. The number of thioether (sulfide) groups is 1. The molecule has 0 spiro atoms. The van der Waals surface area contributed by atoms with Crippen LogP contribution in [0.4, 0.5) is 0 Å².